The van der Waals surface area contributed by atoms with E-state index in [0.29, 0.717) is 31.4 Å². The highest BCUT2D eigenvalue weighted by atomic mass is 16.6. The number of hydrogen-bond acceptors (Lipinski definition) is 4. The van der Waals surface area contributed by atoms with E-state index in [-0.39, 0.29) is 16.9 Å². The molecule has 5 rings (SSSR count). The Bertz CT molecular complexity index is 978. The average Bonchev–Trinajstić information content (AvgIpc) is 3.31. The van der Waals surface area contributed by atoms with Crippen LogP contribution in [-0.2, 0) is 11.0 Å². The molecule has 6 nitrogen and oxygen atoms in total. The molecule has 2 saturated carbocycles. The normalized spacial score (nSPS) is 20.0. The first-order valence-electron chi connectivity index (χ1n) is 11.6. The summed E-state index contributed by atoms with van der Waals surface area (Å²) in [5, 5.41) is 8.07. The molecule has 2 fully saturated rings. The Morgan fingerprint density at radius 2 is 1.84 bits per heavy atom. The summed E-state index contributed by atoms with van der Waals surface area (Å²) in [6, 6.07) is 8.29. The zero-order chi connectivity index (χ0) is 21.6. The molecule has 166 valence electrons. The summed E-state index contributed by atoms with van der Waals surface area (Å²) < 4.78 is 13.4. The number of carbonyl (C=O) groups is 1. The van der Waals surface area contributed by atoms with Crippen molar-refractivity contribution < 1.29 is 14.3 Å². The van der Waals surface area contributed by atoms with Crippen LogP contribution in [0.1, 0.15) is 87.0 Å². The zero-order valence-corrected chi connectivity index (χ0v) is 18.9. The molecule has 0 unspecified atom stereocenters. The molecule has 0 atom stereocenters. The molecule has 2 aliphatic carbocycles. The Labute approximate surface area is 184 Å². The summed E-state index contributed by atoms with van der Waals surface area (Å²) in [5.41, 5.74) is 2.67. The van der Waals surface area contributed by atoms with Crippen LogP contribution in [0.5, 0.6) is 11.5 Å². The van der Waals surface area contributed by atoms with Crippen molar-refractivity contribution in [3.63, 3.8) is 0 Å². The van der Waals surface area contributed by atoms with Crippen molar-refractivity contribution in [2.45, 2.75) is 76.2 Å². The van der Waals surface area contributed by atoms with Crippen LogP contribution < -0.4 is 14.8 Å². The van der Waals surface area contributed by atoms with Crippen molar-refractivity contribution in [1.29, 1.82) is 0 Å². The van der Waals surface area contributed by atoms with E-state index >= 15 is 0 Å². The lowest BCUT2D eigenvalue weighted by Crippen LogP contribution is -2.40. The molecule has 31 heavy (non-hydrogen) atoms. The fraction of sp³-hybridized carbons (Fsp3) is 0.600. The minimum absolute atomic E-state index is 0.0295. The summed E-state index contributed by atoms with van der Waals surface area (Å²) in [7, 11) is 0. The van der Waals surface area contributed by atoms with Gasteiger partial charge in [-0.1, -0.05) is 18.9 Å². The summed E-state index contributed by atoms with van der Waals surface area (Å²) in [6.07, 6.45) is 6.84. The lowest BCUT2D eigenvalue weighted by molar-refractivity contribution is 0.0924. The molecule has 3 aliphatic rings. The van der Waals surface area contributed by atoms with Gasteiger partial charge in [0.2, 0.25) is 0 Å². The highest BCUT2D eigenvalue weighted by molar-refractivity contribution is 5.93. The van der Waals surface area contributed by atoms with Gasteiger partial charge in [-0.05, 0) is 70.2 Å². The van der Waals surface area contributed by atoms with Crippen LogP contribution in [0.2, 0.25) is 0 Å². The molecule has 0 saturated heterocycles. The number of amides is 1. The molecule has 1 aromatic carbocycles. The number of hydrogen-bond donors (Lipinski definition) is 1. The van der Waals surface area contributed by atoms with Gasteiger partial charge in [0.05, 0.1) is 11.2 Å². The first kappa shape index (κ1) is 20.4. The molecule has 0 bridgehead atoms. The molecule has 0 spiro atoms. The third-order valence-electron chi connectivity index (χ3n) is 6.89. The molecule has 0 radical (unpaired) electrons. The maximum Gasteiger partial charge on any atom is 0.269 e. The van der Waals surface area contributed by atoms with Crippen molar-refractivity contribution in [3.8, 4) is 11.5 Å². The number of fused-ring (bicyclic) bond motifs is 1. The Balaban J connectivity index is 1.38. The molecule has 1 aromatic heterocycles. The van der Waals surface area contributed by atoms with E-state index < -0.39 is 0 Å². The monoisotopic (exact) mass is 423 g/mol. The highest BCUT2D eigenvalue weighted by Gasteiger charge is 2.38. The Hall–Kier alpha value is -2.50. The molecular weight excluding hydrogens is 390 g/mol. The van der Waals surface area contributed by atoms with Gasteiger partial charge in [0, 0.05) is 17.9 Å². The molecule has 1 aliphatic heterocycles. The fourth-order valence-corrected chi connectivity index (χ4v) is 4.98. The smallest absolute Gasteiger partial charge is 0.269 e. The van der Waals surface area contributed by atoms with Gasteiger partial charge in [-0.25, -0.2) is 0 Å². The van der Waals surface area contributed by atoms with Gasteiger partial charge in [-0.15, -0.1) is 0 Å². The third-order valence-corrected chi connectivity index (χ3v) is 6.89. The summed E-state index contributed by atoms with van der Waals surface area (Å²) in [4.78, 5) is 13.3. The van der Waals surface area contributed by atoms with Crippen molar-refractivity contribution in [3.05, 3.63) is 41.2 Å². The number of nitrogens with one attached hydrogen (secondary N) is 1. The molecule has 1 N–H and O–H groups in total. The summed E-state index contributed by atoms with van der Waals surface area (Å²) >= 11 is 0. The number of aromatic nitrogens is 2. The van der Waals surface area contributed by atoms with Crippen LogP contribution in [0.25, 0.3) is 0 Å². The van der Waals surface area contributed by atoms with E-state index in [4.69, 9.17) is 14.6 Å². The van der Waals surface area contributed by atoms with E-state index in [2.05, 4.69) is 38.2 Å². The topological polar surface area (TPSA) is 65.4 Å². The predicted molar refractivity (Wildman–Crippen MR) is 119 cm³/mol. The molecular formula is C25H33N3O3. The second kappa shape index (κ2) is 7.57. The largest absolute Gasteiger partial charge is 0.486 e. The Kier molecular flexibility index (Phi) is 4.98. The number of benzene rings is 1. The molecule has 2 aromatic rings. The lowest BCUT2D eigenvalue weighted by atomic mass is 9.78. The Morgan fingerprint density at radius 1 is 1.13 bits per heavy atom. The maximum atomic E-state index is 13.3. The van der Waals surface area contributed by atoms with Crippen molar-refractivity contribution >= 4 is 5.91 Å². The number of ether oxygens (including phenoxy) is 2. The predicted octanol–water partition coefficient (Wildman–Crippen LogP) is 4.53. The van der Waals surface area contributed by atoms with Crippen LogP contribution >= 0.6 is 0 Å². The van der Waals surface area contributed by atoms with Crippen LogP contribution in [-0.4, -0.2) is 35.4 Å². The van der Waals surface area contributed by atoms with Crippen molar-refractivity contribution in [2.24, 2.45) is 0 Å². The van der Waals surface area contributed by atoms with Crippen LogP contribution in [0.4, 0.5) is 0 Å². The van der Waals surface area contributed by atoms with Crippen molar-refractivity contribution in [1.82, 2.24) is 15.1 Å². The van der Waals surface area contributed by atoms with Gasteiger partial charge in [0.1, 0.15) is 18.9 Å². The quantitative estimate of drug-likeness (QED) is 0.767. The molecule has 1 amide bonds. The van der Waals surface area contributed by atoms with Gasteiger partial charge in [0.25, 0.3) is 5.91 Å². The first-order chi connectivity index (χ1) is 14.9. The fourth-order valence-electron chi connectivity index (χ4n) is 4.98. The number of carbonyl (C=O) groups excluding carboxylic acids is 1. The minimum Gasteiger partial charge on any atom is -0.486 e. The lowest BCUT2D eigenvalue weighted by Gasteiger charge is -2.31. The van der Waals surface area contributed by atoms with Gasteiger partial charge >= 0.3 is 0 Å². The standard InChI is InChI=1S/C25H33N3O3/c1-24(2,3)28-20(15-19(27-28)17-6-7-17)23(29)26-16-25(10-4-5-11-25)18-8-9-21-22(14-18)31-13-12-30-21/h8-9,14-15,17H,4-7,10-13,16H2,1-3H3,(H,26,29). The van der Waals surface area contributed by atoms with E-state index in [0.717, 1.165) is 30.0 Å². The Morgan fingerprint density at radius 3 is 2.52 bits per heavy atom. The average molecular weight is 424 g/mol. The van der Waals surface area contributed by atoms with E-state index in [1.807, 2.05) is 16.8 Å². The van der Waals surface area contributed by atoms with E-state index in [1.54, 1.807) is 0 Å². The van der Waals surface area contributed by atoms with Crippen molar-refractivity contribution in [2.75, 3.05) is 19.8 Å². The number of rotatable bonds is 5. The summed E-state index contributed by atoms with van der Waals surface area (Å²) in [5.74, 6) is 2.13. The van der Waals surface area contributed by atoms with Crippen LogP contribution in [0, 0.1) is 0 Å². The highest BCUT2D eigenvalue weighted by Crippen LogP contribution is 2.44. The number of nitrogens with zero attached hydrogens (tertiary/aromatic N) is 2. The zero-order valence-electron chi connectivity index (χ0n) is 18.9. The van der Waals surface area contributed by atoms with Crippen LogP contribution in [0.3, 0.4) is 0 Å². The minimum atomic E-state index is -0.235. The second-order valence-corrected chi connectivity index (χ2v) is 10.3. The molecule has 2 heterocycles. The maximum absolute atomic E-state index is 13.3. The van der Waals surface area contributed by atoms with Gasteiger partial charge in [-0.2, -0.15) is 5.10 Å². The van der Waals surface area contributed by atoms with E-state index in [1.165, 1.54) is 31.2 Å². The third kappa shape index (κ3) is 3.92. The molecule has 6 heteroatoms. The van der Waals surface area contributed by atoms with Gasteiger partial charge < -0.3 is 14.8 Å². The van der Waals surface area contributed by atoms with E-state index in [9.17, 15) is 4.79 Å². The SMILES string of the molecule is CC(C)(C)n1nc(C2CC2)cc1C(=O)NCC1(c2ccc3c(c2)OCCO3)CCCC1. The van der Waals surface area contributed by atoms with Gasteiger partial charge in [0.15, 0.2) is 11.5 Å². The van der Waals surface area contributed by atoms with Gasteiger partial charge in [-0.3, -0.25) is 9.48 Å². The van der Waals surface area contributed by atoms with Crippen LogP contribution in [0.15, 0.2) is 24.3 Å². The second-order valence-electron chi connectivity index (χ2n) is 10.3. The first-order valence-corrected chi connectivity index (χ1v) is 11.6. The summed E-state index contributed by atoms with van der Waals surface area (Å²) in [6.45, 7) is 8.10.